The number of hydrogen-bond donors (Lipinski definition) is 2. The Morgan fingerprint density at radius 2 is 2.31 bits per heavy atom. The van der Waals surface area contributed by atoms with Crippen molar-refractivity contribution >= 4 is 43.7 Å². The van der Waals surface area contributed by atoms with Gasteiger partial charge >= 0.3 is 0 Å². The minimum absolute atomic E-state index is 0.736. The first-order valence-electron chi connectivity index (χ1n) is 3.47. The Bertz CT molecular complexity index is 409. The maximum atomic E-state index is 5.24. The summed E-state index contributed by atoms with van der Waals surface area (Å²) in [5, 5.41) is 2.72. The lowest BCUT2D eigenvalue weighted by atomic mass is 10.4. The summed E-state index contributed by atoms with van der Waals surface area (Å²) in [5.74, 6) is 5.24. The van der Waals surface area contributed by atoms with Crippen molar-refractivity contribution in [2.75, 3.05) is 5.43 Å². The van der Waals surface area contributed by atoms with Gasteiger partial charge in [-0.1, -0.05) is 0 Å². The normalized spacial score (nSPS) is 10.3. The van der Waals surface area contributed by atoms with Crippen LogP contribution in [0.15, 0.2) is 21.3 Å². The SMILES string of the molecule is NNc1nc(-c2ccc(Br)s2)cs1. The van der Waals surface area contributed by atoms with Gasteiger partial charge in [0.1, 0.15) is 0 Å². The van der Waals surface area contributed by atoms with Crippen LogP contribution in [0.4, 0.5) is 5.13 Å². The molecule has 6 heteroatoms. The van der Waals surface area contributed by atoms with Crippen LogP contribution in [0.5, 0.6) is 0 Å². The molecule has 0 spiro atoms. The maximum absolute atomic E-state index is 5.24. The third-order valence-electron chi connectivity index (χ3n) is 1.45. The fraction of sp³-hybridized carbons (Fsp3) is 0. The second-order valence-corrected chi connectivity index (χ2v) is 5.61. The zero-order valence-corrected chi connectivity index (χ0v) is 9.67. The Labute approximate surface area is 91.7 Å². The molecule has 0 fully saturated rings. The van der Waals surface area contributed by atoms with Crippen molar-refractivity contribution in [1.29, 1.82) is 0 Å². The molecule has 0 atom stereocenters. The lowest BCUT2D eigenvalue weighted by Crippen LogP contribution is -2.05. The van der Waals surface area contributed by atoms with Gasteiger partial charge in [0.15, 0.2) is 5.13 Å². The average molecular weight is 276 g/mol. The molecule has 0 unspecified atom stereocenters. The summed E-state index contributed by atoms with van der Waals surface area (Å²) < 4.78 is 1.11. The lowest BCUT2D eigenvalue weighted by molar-refractivity contribution is 1.29. The van der Waals surface area contributed by atoms with Crippen molar-refractivity contribution in [3.63, 3.8) is 0 Å². The second-order valence-electron chi connectivity index (χ2n) is 2.29. The lowest BCUT2D eigenvalue weighted by Gasteiger charge is -1.89. The highest BCUT2D eigenvalue weighted by molar-refractivity contribution is 9.11. The van der Waals surface area contributed by atoms with Gasteiger partial charge in [0.2, 0.25) is 0 Å². The molecule has 2 heterocycles. The number of hydrazine groups is 1. The number of hydrogen-bond acceptors (Lipinski definition) is 5. The molecular weight excluding hydrogens is 270 g/mol. The van der Waals surface area contributed by atoms with E-state index in [1.807, 2.05) is 17.5 Å². The number of halogens is 1. The Hall–Kier alpha value is -0.430. The van der Waals surface area contributed by atoms with Crippen molar-refractivity contribution in [3.8, 4) is 10.6 Å². The van der Waals surface area contributed by atoms with Crippen LogP contribution < -0.4 is 11.3 Å². The number of rotatable bonds is 2. The Balaban J connectivity index is 2.35. The predicted octanol–water partition coefficient (Wildman–Crippen LogP) is 2.92. The van der Waals surface area contributed by atoms with Gasteiger partial charge in [0.05, 0.1) is 14.4 Å². The molecular formula is C7H6BrN3S2. The smallest absolute Gasteiger partial charge is 0.197 e. The molecule has 13 heavy (non-hydrogen) atoms. The number of nitrogens with two attached hydrogens (primary N) is 1. The summed E-state index contributed by atoms with van der Waals surface area (Å²) in [7, 11) is 0. The van der Waals surface area contributed by atoms with Gasteiger partial charge in [-0.15, -0.1) is 22.7 Å². The number of thiophene rings is 1. The van der Waals surface area contributed by atoms with E-state index < -0.39 is 0 Å². The summed E-state index contributed by atoms with van der Waals surface area (Å²) in [6.07, 6.45) is 0. The van der Waals surface area contributed by atoms with E-state index in [9.17, 15) is 0 Å². The van der Waals surface area contributed by atoms with E-state index in [4.69, 9.17) is 5.84 Å². The molecule has 68 valence electrons. The summed E-state index contributed by atoms with van der Waals surface area (Å²) in [6.45, 7) is 0. The van der Waals surface area contributed by atoms with Gasteiger partial charge in [-0.25, -0.2) is 10.8 Å². The van der Waals surface area contributed by atoms with Gasteiger partial charge in [-0.3, -0.25) is 5.43 Å². The Morgan fingerprint density at radius 3 is 2.85 bits per heavy atom. The van der Waals surface area contributed by atoms with Crippen LogP contribution in [0.3, 0.4) is 0 Å². The number of nitrogen functional groups attached to an aromatic ring is 1. The van der Waals surface area contributed by atoms with E-state index >= 15 is 0 Å². The quantitative estimate of drug-likeness (QED) is 0.655. The molecule has 2 aromatic rings. The number of aromatic nitrogens is 1. The molecule has 0 bridgehead atoms. The molecule has 0 saturated heterocycles. The first-order valence-corrected chi connectivity index (χ1v) is 5.96. The summed E-state index contributed by atoms with van der Waals surface area (Å²) in [4.78, 5) is 5.43. The van der Waals surface area contributed by atoms with Crippen LogP contribution in [-0.2, 0) is 0 Å². The molecule has 3 N–H and O–H groups in total. The molecule has 0 aliphatic carbocycles. The molecule has 0 saturated carbocycles. The summed E-state index contributed by atoms with van der Waals surface area (Å²) in [6, 6.07) is 4.04. The predicted molar refractivity (Wildman–Crippen MR) is 60.9 cm³/mol. The van der Waals surface area contributed by atoms with Crippen LogP contribution in [-0.4, -0.2) is 4.98 Å². The molecule has 0 aromatic carbocycles. The molecule has 0 radical (unpaired) electrons. The molecule has 0 aliphatic rings. The van der Waals surface area contributed by atoms with Crippen molar-refractivity contribution in [3.05, 3.63) is 21.3 Å². The standard InChI is InChI=1S/C7H6BrN3S2/c8-6-2-1-5(13-6)4-3-12-7(10-4)11-9/h1-3H,9H2,(H,10,11). The fourth-order valence-electron chi connectivity index (χ4n) is 0.905. The van der Waals surface area contributed by atoms with Crippen LogP contribution in [0.1, 0.15) is 0 Å². The zero-order chi connectivity index (χ0) is 9.26. The van der Waals surface area contributed by atoms with Crippen LogP contribution in [0.2, 0.25) is 0 Å². The number of thiazole rings is 1. The van der Waals surface area contributed by atoms with Gasteiger partial charge in [-0.05, 0) is 28.1 Å². The van der Waals surface area contributed by atoms with Crippen LogP contribution in [0, 0.1) is 0 Å². The van der Waals surface area contributed by atoms with Crippen molar-refractivity contribution in [1.82, 2.24) is 4.98 Å². The average Bonchev–Trinajstić information content (AvgIpc) is 2.71. The fourth-order valence-corrected chi connectivity index (χ4v) is 2.95. The van der Waals surface area contributed by atoms with Crippen molar-refractivity contribution in [2.45, 2.75) is 0 Å². The first-order chi connectivity index (χ1) is 6.29. The van der Waals surface area contributed by atoms with Gasteiger partial charge < -0.3 is 0 Å². The summed E-state index contributed by atoms with van der Waals surface area (Å²) >= 11 is 6.56. The number of anilines is 1. The molecule has 2 rings (SSSR count). The summed E-state index contributed by atoms with van der Waals surface area (Å²) in [5.41, 5.74) is 3.49. The minimum Gasteiger partial charge on any atom is -0.300 e. The van der Waals surface area contributed by atoms with Crippen LogP contribution in [0.25, 0.3) is 10.6 Å². The highest BCUT2D eigenvalue weighted by Crippen LogP contribution is 2.32. The molecule has 0 amide bonds. The molecule has 3 nitrogen and oxygen atoms in total. The highest BCUT2D eigenvalue weighted by atomic mass is 79.9. The van der Waals surface area contributed by atoms with Gasteiger partial charge in [0, 0.05) is 5.38 Å². The van der Waals surface area contributed by atoms with E-state index in [0.29, 0.717) is 0 Å². The molecule has 0 aliphatic heterocycles. The van der Waals surface area contributed by atoms with Crippen molar-refractivity contribution < 1.29 is 0 Å². The highest BCUT2D eigenvalue weighted by Gasteiger charge is 2.05. The second kappa shape index (κ2) is 3.75. The topological polar surface area (TPSA) is 50.9 Å². The van der Waals surface area contributed by atoms with E-state index in [0.717, 1.165) is 19.5 Å². The number of nitrogens with one attached hydrogen (secondary N) is 1. The first kappa shape index (κ1) is 9.14. The van der Waals surface area contributed by atoms with E-state index in [1.54, 1.807) is 11.3 Å². The maximum Gasteiger partial charge on any atom is 0.197 e. The largest absolute Gasteiger partial charge is 0.300 e. The van der Waals surface area contributed by atoms with Crippen LogP contribution >= 0.6 is 38.6 Å². The Morgan fingerprint density at radius 1 is 1.46 bits per heavy atom. The Kier molecular flexibility index (Phi) is 2.63. The molecule has 2 aromatic heterocycles. The minimum atomic E-state index is 0.736. The monoisotopic (exact) mass is 275 g/mol. The van der Waals surface area contributed by atoms with Gasteiger partial charge in [-0.2, -0.15) is 0 Å². The van der Waals surface area contributed by atoms with Crippen molar-refractivity contribution in [2.24, 2.45) is 5.84 Å². The zero-order valence-electron chi connectivity index (χ0n) is 6.45. The van der Waals surface area contributed by atoms with E-state index in [2.05, 4.69) is 26.3 Å². The van der Waals surface area contributed by atoms with Gasteiger partial charge in [0.25, 0.3) is 0 Å². The third-order valence-corrected chi connectivity index (χ3v) is 3.87. The van der Waals surface area contributed by atoms with E-state index in [-0.39, 0.29) is 0 Å². The van der Waals surface area contributed by atoms with E-state index in [1.165, 1.54) is 11.3 Å². The number of nitrogens with zero attached hydrogens (tertiary/aromatic N) is 1. The third kappa shape index (κ3) is 1.91.